The van der Waals surface area contributed by atoms with E-state index < -0.39 is 10.0 Å². The summed E-state index contributed by atoms with van der Waals surface area (Å²) in [5.74, 6) is 2.56. The van der Waals surface area contributed by atoms with E-state index in [0.29, 0.717) is 11.4 Å². The van der Waals surface area contributed by atoms with Crippen molar-refractivity contribution in [2.75, 3.05) is 30.6 Å². The zero-order valence-electron chi connectivity index (χ0n) is 21.7. The number of ether oxygens (including phenoxy) is 1. The number of nitrogens with zero attached hydrogens (tertiary/aromatic N) is 1. The van der Waals surface area contributed by atoms with Crippen LogP contribution in [0.15, 0.2) is 48.5 Å². The molecule has 4 rings (SSSR count). The van der Waals surface area contributed by atoms with E-state index in [-0.39, 0.29) is 24.2 Å². The Hall–Kier alpha value is -2.29. The van der Waals surface area contributed by atoms with Crippen LogP contribution in [-0.4, -0.2) is 45.1 Å². The van der Waals surface area contributed by atoms with Crippen LogP contribution in [0.2, 0.25) is 0 Å². The first-order valence-corrected chi connectivity index (χ1v) is 15.1. The number of nitrogens with one attached hydrogen (secondary N) is 2. The maximum absolute atomic E-state index is 12.6. The maximum atomic E-state index is 12.6. The Morgan fingerprint density at radius 3 is 2.11 bits per heavy atom. The molecule has 0 aromatic heterocycles. The summed E-state index contributed by atoms with van der Waals surface area (Å²) >= 11 is 0. The first-order chi connectivity index (χ1) is 17.3. The average molecular weight is 550 g/mol. The predicted octanol–water partition coefficient (Wildman–Crippen LogP) is 5.57. The molecule has 0 atom stereocenters. The number of anilines is 1. The molecule has 2 aromatic carbocycles. The minimum Gasteiger partial charge on any atom is -0.457 e. The molecule has 1 saturated heterocycles. The van der Waals surface area contributed by atoms with Crippen LogP contribution in [0.4, 0.5) is 5.69 Å². The van der Waals surface area contributed by atoms with Gasteiger partial charge in [-0.05, 0) is 80.2 Å². The molecule has 0 unspecified atom stereocenters. The van der Waals surface area contributed by atoms with Crippen molar-refractivity contribution in [3.63, 3.8) is 0 Å². The Kier molecular flexibility index (Phi) is 11.1. The Bertz CT molecular complexity index is 1080. The molecule has 2 N–H and O–H groups in total. The minimum atomic E-state index is -3.30. The summed E-state index contributed by atoms with van der Waals surface area (Å²) in [6.45, 7) is 3.57. The van der Waals surface area contributed by atoms with Gasteiger partial charge in [-0.25, -0.2) is 8.42 Å². The van der Waals surface area contributed by atoms with Crippen LogP contribution < -0.4 is 14.8 Å². The van der Waals surface area contributed by atoms with Gasteiger partial charge in [0.15, 0.2) is 0 Å². The van der Waals surface area contributed by atoms with Crippen LogP contribution in [0.1, 0.15) is 56.9 Å². The van der Waals surface area contributed by atoms with Crippen molar-refractivity contribution in [1.82, 2.24) is 10.2 Å². The molecule has 1 amide bonds. The van der Waals surface area contributed by atoms with Gasteiger partial charge in [0, 0.05) is 24.7 Å². The Morgan fingerprint density at radius 2 is 1.51 bits per heavy atom. The standard InChI is InChI=1S/C28H39N3O4S.ClH/c1-36(33,34)30-25-9-13-27(14-10-25)35-26-11-7-23(8-12-26)21-31-19-16-24(17-20-31)28(32)29-18-15-22-5-3-2-4-6-22;/h7-14,22,24,30H,2-6,15-21H2,1H3,(H,29,32);1H. The molecule has 0 spiro atoms. The van der Waals surface area contributed by atoms with Crippen LogP contribution in [0.5, 0.6) is 11.5 Å². The van der Waals surface area contributed by atoms with Gasteiger partial charge in [0.25, 0.3) is 0 Å². The number of halogens is 1. The molecule has 2 fully saturated rings. The molecule has 0 bridgehead atoms. The van der Waals surface area contributed by atoms with Crippen molar-refractivity contribution in [2.45, 2.75) is 57.9 Å². The van der Waals surface area contributed by atoms with E-state index in [4.69, 9.17) is 4.74 Å². The average Bonchev–Trinajstić information content (AvgIpc) is 2.87. The molecule has 7 nitrogen and oxygen atoms in total. The number of likely N-dealkylation sites (tertiary alicyclic amines) is 1. The number of carbonyl (C=O) groups is 1. The van der Waals surface area contributed by atoms with Crippen LogP contribution in [0.3, 0.4) is 0 Å². The Morgan fingerprint density at radius 1 is 0.919 bits per heavy atom. The molecular weight excluding hydrogens is 510 g/mol. The van der Waals surface area contributed by atoms with E-state index in [1.54, 1.807) is 24.3 Å². The van der Waals surface area contributed by atoms with Gasteiger partial charge >= 0.3 is 0 Å². The Labute approximate surface area is 227 Å². The summed E-state index contributed by atoms with van der Waals surface area (Å²) in [6, 6.07) is 14.8. The molecule has 1 aliphatic heterocycles. The zero-order chi connectivity index (χ0) is 25.4. The second kappa shape index (κ2) is 14.0. The summed E-state index contributed by atoms with van der Waals surface area (Å²) in [7, 11) is -3.30. The van der Waals surface area contributed by atoms with E-state index in [2.05, 4.69) is 27.1 Å². The molecule has 9 heteroatoms. The van der Waals surface area contributed by atoms with E-state index in [1.807, 2.05) is 12.1 Å². The summed E-state index contributed by atoms with van der Waals surface area (Å²) in [5, 5.41) is 3.20. The van der Waals surface area contributed by atoms with E-state index in [9.17, 15) is 13.2 Å². The van der Waals surface area contributed by atoms with Gasteiger partial charge in [0.2, 0.25) is 15.9 Å². The van der Waals surface area contributed by atoms with Gasteiger partial charge in [-0.15, -0.1) is 12.4 Å². The van der Waals surface area contributed by atoms with E-state index >= 15 is 0 Å². The smallest absolute Gasteiger partial charge is 0.229 e. The Balaban J connectivity index is 0.00000380. The summed E-state index contributed by atoms with van der Waals surface area (Å²) in [6.07, 6.45) is 10.8. The van der Waals surface area contributed by atoms with Crippen LogP contribution in [0.25, 0.3) is 0 Å². The number of amides is 1. The molecule has 1 saturated carbocycles. The second-order valence-electron chi connectivity index (χ2n) is 10.3. The SMILES string of the molecule is CS(=O)(=O)Nc1ccc(Oc2ccc(CN3CCC(C(=O)NCCC4CCCCC4)CC3)cc2)cc1.Cl. The number of piperidine rings is 1. The van der Waals surface area contributed by atoms with Gasteiger partial charge < -0.3 is 10.1 Å². The lowest BCUT2D eigenvalue weighted by Gasteiger charge is -2.31. The van der Waals surface area contributed by atoms with Crippen LogP contribution in [0, 0.1) is 11.8 Å². The third-order valence-electron chi connectivity index (χ3n) is 7.26. The minimum absolute atomic E-state index is 0. The highest BCUT2D eigenvalue weighted by Gasteiger charge is 2.25. The molecule has 37 heavy (non-hydrogen) atoms. The molecule has 204 valence electrons. The third kappa shape index (κ3) is 9.83. The van der Waals surface area contributed by atoms with Gasteiger partial charge in [-0.3, -0.25) is 14.4 Å². The second-order valence-corrected chi connectivity index (χ2v) is 12.0. The maximum Gasteiger partial charge on any atom is 0.229 e. The largest absolute Gasteiger partial charge is 0.457 e. The van der Waals surface area contributed by atoms with E-state index in [0.717, 1.165) is 63.4 Å². The van der Waals surface area contributed by atoms with Crippen LogP contribution >= 0.6 is 12.4 Å². The van der Waals surface area contributed by atoms with Crippen molar-refractivity contribution < 1.29 is 17.9 Å². The fourth-order valence-corrected chi connectivity index (χ4v) is 5.80. The number of hydrogen-bond acceptors (Lipinski definition) is 5. The molecule has 2 aromatic rings. The van der Waals surface area contributed by atoms with Crippen molar-refractivity contribution in [3.8, 4) is 11.5 Å². The van der Waals surface area contributed by atoms with Crippen molar-refractivity contribution in [2.24, 2.45) is 11.8 Å². The normalized spacial score (nSPS) is 17.5. The number of rotatable bonds is 10. The van der Waals surface area contributed by atoms with Crippen LogP contribution in [-0.2, 0) is 21.4 Å². The third-order valence-corrected chi connectivity index (χ3v) is 7.86. The number of benzene rings is 2. The summed E-state index contributed by atoms with van der Waals surface area (Å²) < 4.78 is 31.0. The van der Waals surface area contributed by atoms with Crippen molar-refractivity contribution >= 4 is 34.0 Å². The highest BCUT2D eigenvalue weighted by atomic mass is 35.5. The molecule has 2 aliphatic rings. The van der Waals surface area contributed by atoms with Crippen molar-refractivity contribution in [3.05, 3.63) is 54.1 Å². The number of carbonyl (C=O) groups excluding carboxylic acids is 1. The van der Waals surface area contributed by atoms with Gasteiger partial charge in [-0.2, -0.15) is 0 Å². The number of sulfonamides is 1. The predicted molar refractivity (Wildman–Crippen MR) is 151 cm³/mol. The fourth-order valence-electron chi connectivity index (χ4n) is 5.24. The quantitative estimate of drug-likeness (QED) is 0.404. The molecule has 1 aliphatic carbocycles. The van der Waals surface area contributed by atoms with E-state index in [1.165, 1.54) is 37.7 Å². The van der Waals surface area contributed by atoms with Gasteiger partial charge in [0.1, 0.15) is 11.5 Å². The topological polar surface area (TPSA) is 87.7 Å². The van der Waals surface area contributed by atoms with Gasteiger partial charge in [-0.1, -0.05) is 44.2 Å². The van der Waals surface area contributed by atoms with Gasteiger partial charge in [0.05, 0.1) is 6.26 Å². The summed E-state index contributed by atoms with van der Waals surface area (Å²) in [4.78, 5) is 15.0. The number of hydrogen-bond donors (Lipinski definition) is 2. The zero-order valence-corrected chi connectivity index (χ0v) is 23.3. The lowest BCUT2D eigenvalue weighted by atomic mass is 9.87. The lowest BCUT2D eigenvalue weighted by Crippen LogP contribution is -2.40. The summed E-state index contributed by atoms with van der Waals surface area (Å²) in [5.41, 5.74) is 1.71. The molecule has 1 heterocycles. The highest BCUT2D eigenvalue weighted by Crippen LogP contribution is 2.27. The first-order valence-electron chi connectivity index (χ1n) is 13.2. The first kappa shape index (κ1) is 29.3. The fraction of sp³-hybridized carbons (Fsp3) is 0.536. The van der Waals surface area contributed by atoms with Crippen molar-refractivity contribution in [1.29, 1.82) is 0 Å². The lowest BCUT2D eigenvalue weighted by molar-refractivity contribution is -0.126. The monoisotopic (exact) mass is 549 g/mol. The molecular formula is C28H40ClN3O4S. The highest BCUT2D eigenvalue weighted by molar-refractivity contribution is 7.92. The molecule has 0 radical (unpaired) electrons.